The maximum atomic E-state index is 12.6. The fourth-order valence-electron chi connectivity index (χ4n) is 14.7. The van der Waals surface area contributed by atoms with E-state index in [4.69, 9.17) is 4.74 Å². The zero-order valence-corrected chi connectivity index (χ0v) is 52.1. The van der Waals surface area contributed by atoms with Crippen LogP contribution in [0.15, 0.2) is 19.0 Å². The molecule has 8 aliphatic rings. The number of amides is 2. The molecule has 0 atom stereocenters. The van der Waals surface area contributed by atoms with Crippen LogP contribution < -0.4 is 16.0 Å². The largest absolute Gasteiger partial charge is 0.633 e. The van der Waals surface area contributed by atoms with E-state index in [1.54, 1.807) is 33.1 Å². The molecule has 2 amide bonds. The third-order valence-corrected chi connectivity index (χ3v) is 23.2. The van der Waals surface area contributed by atoms with Gasteiger partial charge in [-0.2, -0.15) is 0 Å². The Hall–Kier alpha value is -4.74. The number of nitrogens with one attached hydrogen (secondary N) is 3. The van der Waals surface area contributed by atoms with E-state index in [1.165, 1.54) is 98.8 Å². The van der Waals surface area contributed by atoms with E-state index >= 15 is 0 Å². The van der Waals surface area contributed by atoms with Gasteiger partial charge in [0.2, 0.25) is 11.8 Å². The lowest BCUT2D eigenvalue weighted by Gasteiger charge is -2.45. The second-order valence-corrected chi connectivity index (χ2v) is 28.7. The van der Waals surface area contributed by atoms with E-state index in [0.29, 0.717) is 62.4 Å². The number of quaternary nitrogens is 1. The maximum Gasteiger partial charge on any atom is 0.236 e. The molecule has 0 radical (unpaired) electrons. The number of hydrogen-bond donors (Lipinski definition) is 3. The smallest absolute Gasteiger partial charge is 0.236 e. The second kappa shape index (κ2) is 26.5. The number of likely N-dealkylation sites (tertiary alicyclic amines) is 1. The molecule has 83 heavy (non-hydrogen) atoms. The third-order valence-electron chi connectivity index (χ3n) is 19.6. The highest BCUT2D eigenvalue weighted by Crippen LogP contribution is 2.43. The first kappa shape index (κ1) is 58.6. The number of likely N-dealkylation sites (N-methyl/N-ethyl adjacent to an activating group) is 2. The number of rotatable bonds is 13. The number of aromatic nitrogens is 6. The van der Waals surface area contributed by atoms with E-state index in [9.17, 15) is 14.8 Å². The molecule has 6 aromatic rings. The minimum absolute atomic E-state index is 0.164. The lowest BCUT2D eigenvalue weighted by Crippen LogP contribution is -2.48. The summed E-state index contributed by atoms with van der Waals surface area (Å²) in [5.74, 6) is 3.62. The van der Waals surface area contributed by atoms with Gasteiger partial charge in [0.15, 0.2) is 0 Å². The first-order valence-electron chi connectivity index (χ1n) is 31.5. The number of fused-ring (bicyclic) bond motifs is 9. The summed E-state index contributed by atoms with van der Waals surface area (Å²) < 4.78 is 5.19. The quantitative estimate of drug-likeness (QED) is 0.0730. The molecular formula is C62H88N14O4S3. The number of anilines is 3. The molecule has 3 saturated carbocycles. The normalized spacial score (nSPS) is 24.5. The zero-order valence-electron chi connectivity index (χ0n) is 49.6. The van der Waals surface area contributed by atoms with Gasteiger partial charge >= 0.3 is 0 Å². The van der Waals surface area contributed by atoms with Gasteiger partial charge in [0, 0.05) is 83.9 Å². The van der Waals surface area contributed by atoms with Crippen LogP contribution in [0, 0.1) is 5.21 Å². The van der Waals surface area contributed by atoms with E-state index in [1.807, 2.05) is 38.9 Å². The number of carbonyl (C=O) groups is 2. The SMILES string of the molecule is CN(CC(=O)N1CCCCC1)C1CCC(Nc2ncnc3sc4c(c23)CCC4)CC1.CN(CC(=O)N1CCOCC1)C1CCC(Nc2ncnc3sc4c(c23)CCC4)CC1.C[N+](C)([O-])C1CCC(Nc2ncnc3sc4c(c23)CCC4)CC1. The lowest BCUT2D eigenvalue weighted by molar-refractivity contribution is -0.868. The molecule has 0 aromatic carbocycles. The van der Waals surface area contributed by atoms with Crippen LogP contribution in [0.25, 0.3) is 30.6 Å². The summed E-state index contributed by atoms with van der Waals surface area (Å²) in [6.07, 6.45) is 32.6. The van der Waals surface area contributed by atoms with E-state index in [0.717, 1.165) is 161 Å². The number of piperidine rings is 1. The van der Waals surface area contributed by atoms with Gasteiger partial charge in [-0.1, -0.05) is 0 Å². The number of nitrogens with zero attached hydrogens (tertiary/aromatic N) is 11. The molecule has 8 heterocycles. The fourth-order valence-corrected chi connectivity index (χ4v) is 18.4. The Balaban J connectivity index is 0.000000124. The van der Waals surface area contributed by atoms with Crippen molar-refractivity contribution in [3.63, 3.8) is 0 Å². The summed E-state index contributed by atoms with van der Waals surface area (Å²) >= 11 is 5.52. The van der Waals surface area contributed by atoms with Crippen molar-refractivity contribution in [2.45, 2.75) is 190 Å². The highest BCUT2D eigenvalue weighted by Gasteiger charge is 2.33. The number of aryl methyl sites for hydroxylation is 6. The highest BCUT2D eigenvalue weighted by molar-refractivity contribution is 7.19. The summed E-state index contributed by atoms with van der Waals surface area (Å²) in [4.78, 5) is 68.9. The van der Waals surface area contributed by atoms with Gasteiger partial charge in [-0.25, -0.2) is 29.9 Å². The van der Waals surface area contributed by atoms with Crippen molar-refractivity contribution in [2.75, 3.05) is 96.6 Å². The number of ether oxygens (including phenoxy) is 1. The van der Waals surface area contributed by atoms with Crippen LogP contribution in [0.2, 0.25) is 0 Å². The van der Waals surface area contributed by atoms with Crippen LogP contribution >= 0.6 is 34.0 Å². The van der Waals surface area contributed by atoms with Crippen molar-refractivity contribution in [2.24, 2.45) is 0 Å². The first-order valence-corrected chi connectivity index (χ1v) is 34.0. The van der Waals surface area contributed by atoms with E-state index in [-0.39, 0.29) is 16.6 Å². The minimum Gasteiger partial charge on any atom is -0.633 e. The average Bonchev–Trinajstić information content (AvgIpc) is 4.36. The summed E-state index contributed by atoms with van der Waals surface area (Å²) in [6.45, 7) is 5.75. The first-order chi connectivity index (χ1) is 40.4. The van der Waals surface area contributed by atoms with Crippen molar-refractivity contribution < 1.29 is 19.0 Å². The van der Waals surface area contributed by atoms with Gasteiger partial charge in [0.25, 0.3) is 0 Å². The van der Waals surface area contributed by atoms with Gasteiger partial charge in [0.05, 0.1) is 62.6 Å². The van der Waals surface area contributed by atoms with Crippen LogP contribution in [0.4, 0.5) is 17.5 Å². The van der Waals surface area contributed by atoms with Gasteiger partial charge < -0.3 is 40.3 Å². The molecule has 2 saturated heterocycles. The van der Waals surface area contributed by atoms with Crippen molar-refractivity contribution in [1.29, 1.82) is 0 Å². The highest BCUT2D eigenvalue weighted by atomic mass is 32.1. The second-order valence-electron chi connectivity index (χ2n) is 25.4. The van der Waals surface area contributed by atoms with Crippen LogP contribution in [0.5, 0.6) is 0 Å². The Morgan fingerprint density at radius 3 is 1.25 bits per heavy atom. The Kier molecular flexibility index (Phi) is 18.7. The summed E-state index contributed by atoms with van der Waals surface area (Å²) in [7, 11) is 7.75. The summed E-state index contributed by atoms with van der Waals surface area (Å²) in [5, 5.41) is 27.0. The van der Waals surface area contributed by atoms with Gasteiger partial charge in [0.1, 0.15) is 50.9 Å². The predicted molar refractivity (Wildman–Crippen MR) is 336 cm³/mol. The molecule has 5 fully saturated rings. The number of morpholine rings is 1. The van der Waals surface area contributed by atoms with E-state index < -0.39 is 0 Å². The molecule has 0 spiro atoms. The zero-order chi connectivity index (χ0) is 57.0. The van der Waals surface area contributed by atoms with Crippen LogP contribution in [0.1, 0.15) is 147 Å². The Morgan fingerprint density at radius 2 is 0.880 bits per heavy atom. The minimum atomic E-state index is -0.164. The van der Waals surface area contributed by atoms with Gasteiger partial charge in [-0.3, -0.25) is 19.4 Å². The topological polar surface area (TPSA) is 193 Å². The lowest BCUT2D eigenvalue weighted by atomic mass is 9.90. The monoisotopic (exact) mass is 1190 g/mol. The summed E-state index contributed by atoms with van der Waals surface area (Å²) in [5.41, 5.74) is 4.44. The number of hydrogen-bond acceptors (Lipinski definition) is 18. The molecule has 0 unspecified atom stereocenters. The molecule has 21 heteroatoms. The molecular weight excluding hydrogens is 1100 g/mol. The van der Waals surface area contributed by atoms with Gasteiger partial charge in [-0.15, -0.1) is 34.0 Å². The molecule has 0 bridgehead atoms. The van der Waals surface area contributed by atoms with Crippen LogP contribution in [-0.2, 0) is 52.9 Å². The molecule has 448 valence electrons. The molecule has 6 aliphatic carbocycles. The fraction of sp³-hybridized carbons (Fsp3) is 0.677. The average molecular weight is 1190 g/mol. The Bertz CT molecular complexity index is 3030. The molecule has 6 aromatic heterocycles. The Labute approximate surface area is 502 Å². The molecule has 14 rings (SSSR count). The number of hydroxylamine groups is 3. The van der Waals surface area contributed by atoms with Crippen molar-refractivity contribution in [3.05, 3.63) is 55.5 Å². The Morgan fingerprint density at radius 1 is 0.518 bits per heavy atom. The molecule has 3 N–H and O–H groups in total. The maximum absolute atomic E-state index is 12.6. The standard InChI is InChI=1S/C23H33N5OS.C22H31N5O2S.C17H24N4OS/c1-27(14-20(29)28-12-3-2-4-13-28)17-10-8-16(9-11-17)26-22-21-18-6-5-7-19(18)30-23(21)25-15-24-22;1-26(13-19(28)27-9-11-29-12-10-27)16-7-5-15(6-8-16)25-21-20-17-3-2-4-18(17)30-22(20)24-14-23-21;1-21(2,22)12-8-6-11(7-9-12)20-16-15-13-4-3-5-14(13)23-17(15)19-10-18-16/h15-17H,2-14H2,1H3,(H,24,25,26);14-16H,2-13H2,1H3,(H,23,24,25);10-12H,3-9H2,1-2H3,(H,18,19,20). The number of carbonyl (C=O) groups excluding carboxylic acids is 2. The molecule has 18 nitrogen and oxygen atoms in total. The van der Waals surface area contributed by atoms with Crippen molar-refractivity contribution in [3.8, 4) is 0 Å². The van der Waals surface area contributed by atoms with Crippen molar-refractivity contribution >= 4 is 93.9 Å². The van der Waals surface area contributed by atoms with E-state index in [2.05, 4.69) is 74.6 Å². The van der Waals surface area contributed by atoms with Crippen LogP contribution in [0.3, 0.4) is 0 Å². The summed E-state index contributed by atoms with van der Waals surface area (Å²) in [6, 6.07) is 2.55. The van der Waals surface area contributed by atoms with Gasteiger partial charge in [-0.05, 0) is 172 Å². The predicted octanol–water partition coefficient (Wildman–Crippen LogP) is 10.0. The van der Waals surface area contributed by atoms with Crippen molar-refractivity contribution in [1.82, 2.24) is 49.5 Å². The van der Waals surface area contributed by atoms with Crippen LogP contribution in [-0.4, -0.2) is 183 Å². The number of thiophene rings is 3. The molecule has 2 aliphatic heterocycles. The third kappa shape index (κ3) is 13.6.